The van der Waals surface area contributed by atoms with Gasteiger partial charge in [0.1, 0.15) is 12.3 Å². The molecule has 4 rings (SSSR count). The van der Waals surface area contributed by atoms with Crippen molar-refractivity contribution in [2.45, 2.75) is 37.9 Å². The second-order valence-corrected chi connectivity index (χ2v) is 8.96. The molecule has 0 spiro atoms. The Morgan fingerprint density at radius 2 is 1.88 bits per heavy atom. The van der Waals surface area contributed by atoms with E-state index in [4.69, 9.17) is 4.74 Å². The number of carbonyl (C=O) groups is 1. The Kier molecular flexibility index (Phi) is 10.0. The molecule has 0 radical (unpaired) electrons. The number of fused-ring (bicyclic) bond motifs is 1. The third-order valence-electron chi connectivity index (χ3n) is 6.37. The van der Waals surface area contributed by atoms with Crippen molar-refractivity contribution in [2.75, 3.05) is 40.3 Å². The van der Waals surface area contributed by atoms with E-state index in [0.717, 1.165) is 43.8 Å². The summed E-state index contributed by atoms with van der Waals surface area (Å²) in [6.07, 6.45) is 3.21. The average molecular weight is 578 g/mol. The van der Waals surface area contributed by atoms with Crippen LogP contribution < -0.4 is 15.4 Å². The van der Waals surface area contributed by atoms with E-state index in [2.05, 4.69) is 56.9 Å². The number of para-hydroxylation sites is 1. The minimum atomic E-state index is -0.0185. The number of likely N-dealkylation sites (N-methyl/N-ethyl adjacent to an activating group) is 1. The molecule has 34 heavy (non-hydrogen) atoms. The molecule has 8 heteroatoms. The van der Waals surface area contributed by atoms with Gasteiger partial charge in [-0.15, -0.1) is 24.0 Å². The number of likely N-dealkylation sites (tertiary alicyclic amines) is 1. The van der Waals surface area contributed by atoms with E-state index in [1.165, 1.54) is 12.0 Å². The number of hydrogen-bond donors (Lipinski definition) is 2. The van der Waals surface area contributed by atoms with Gasteiger partial charge < -0.3 is 20.3 Å². The first-order valence-corrected chi connectivity index (χ1v) is 11.8. The van der Waals surface area contributed by atoms with Crippen LogP contribution >= 0.6 is 24.0 Å². The summed E-state index contributed by atoms with van der Waals surface area (Å²) in [7, 11) is 3.51. The zero-order valence-electron chi connectivity index (χ0n) is 20.1. The minimum Gasteiger partial charge on any atom is -0.493 e. The number of nitrogens with one attached hydrogen (secondary N) is 2. The Morgan fingerprint density at radius 1 is 1.12 bits per heavy atom. The lowest BCUT2D eigenvalue weighted by Gasteiger charge is -2.29. The van der Waals surface area contributed by atoms with Gasteiger partial charge in [-0.05, 0) is 31.0 Å². The van der Waals surface area contributed by atoms with Crippen LogP contribution in [0.2, 0.25) is 0 Å². The van der Waals surface area contributed by atoms with Crippen molar-refractivity contribution >= 4 is 35.8 Å². The summed E-state index contributed by atoms with van der Waals surface area (Å²) in [5.41, 5.74) is 2.47. The maximum Gasteiger partial charge on any atom is 0.243 e. The molecule has 2 unspecified atom stereocenters. The minimum absolute atomic E-state index is 0. The Labute approximate surface area is 220 Å². The Bertz CT molecular complexity index is 953. The molecule has 0 saturated carbocycles. The van der Waals surface area contributed by atoms with Crippen molar-refractivity contribution in [1.29, 1.82) is 0 Å². The van der Waals surface area contributed by atoms with E-state index in [1.54, 1.807) is 19.0 Å². The fourth-order valence-corrected chi connectivity index (χ4v) is 4.46. The topological polar surface area (TPSA) is 69.2 Å². The van der Waals surface area contributed by atoms with Gasteiger partial charge in [0.25, 0.3) is 0 Å². The maximum absolute atomic E-state index is 12.2. The van der Waals surface area contributed by atoms with E-state index < -0.39 is 0 Å². The van der Waals surface area contributed by atoms with Crippen LogP contribution in [0.1, 0.15) is 36.4 Å². The molecule has 7 nitrogen and oxygen atoms in total. The molecule has 2 aliphatic rings. The fourth-order valence-electron chi connectivity index (χ4n) is 4.46. The molecule has 0 bridgehead atoms. The van der Waals surface area contributed by atoms with Crippen molar-refractivity contribution < 1.29 is 9.53 Å². The lowest BCUT2D eigenvalue weighted by molar-refractivity contribution is -0.127. The first-order valence-electron chi connectivity index (χ1n) is 11.8. The number of guanidine groups is 1. The van der Waals surface area contributed by atoms with Crippen LogP contribution in [0.3, 0.4) is 0 Å². The maximum atomic E-state index is 12.2. The number of carbonyl (C=O) groups excluding carboxylic acids is 1. The van der Waals surface area contributed by atoms with Crippen LogP contribution in [0.25, 0.3) is 0 Å². The first-order chi connectivity index (χ1) is 16.1. The summed E-state index contributed by atoms with van der Waals surface area (Å²) in [6, 6.07) is 19.3. The van der Waals surface area contributed by atoms with Crippen LogP contribution in [0.5, 0.6) is 5.75 Å². The number of hydrogen-bond acceptors (Lipinski definition) is 4. The van der Waals surface area contributed by atoms with Crippen LogP contribution in [-0.4, -0.2) is 68.0 Å². The van der Waals surface area contributed by atoms with Gasteiger partial charge in [0.2, 0.25) is 5.91 Å². The molecule has 1 amide bonds. The predicted molar refractivity (Wildman–Crippen MR) is 147 cm³/mol. The Balaban J connectivity index is 0.00000324. The zero-order chi connectivity index (χ0) is 23.0. The molecular formula is C26H36IN5O2. The van der Waals surface area contributed by atoms with Crippen molar-refractivity contribution in [1.82, 2.24) is 20.4 Å². The number of aliphatic imine (C=N–C) groups is 1. The van der Waals surface area contributed by atoms with Gasteiger partial charge in [-0.1, -0.05) is 48.5 Å². The van der Waals surface area contributed by atoms with Crippen molar-refractivity contribution in [3.63, 3.8) is 0 Å². The largest absolute Gasteiger partial charge is 0.493 e. The number of nitrogens with zero attached hydrogens (tertiary/aromatic N) is 3. The smallest absolute Gasteiger partial charge is 0.243 e. The molecule has 2 heterocycles. The molecular weight excluding hydrogens is 541 g/mol. The van der Waals surface area contributed by atoms with Gasteiger partial charge in [-0.3, -0.25) is 9.69 Å². The van der Waals surface area contributed by atoms with Crippen LogP contribution in [0.15, 0.2) is 59.6 Å². The van der Waals surface area contributed by atoms with Gasteiger partial charge >= 0.3 is 0 Å². The van der Waals surface area contributed by atoms with Gasteiger partial charge in [-0.25, -0.2) is 4.99 Å². The van der Waals surface area contributed by atoms with Crippen LogP contribution in [-0.2, 0) is 11.3 Å². The molecule has 184 valence electrons. The van der Waals surface area contributed by atoms with Crippen molar-refractivity contribution in [2.24, 2.45) is 4.99 Å². The highest BCUT2D eigenvalue weighted by atomic mass is 127. The summed E-state index contributed by atoms with van der Waals surface area (Å²) in [4.78, 5) is 20.9. The van der Waals surface area contributed by atoms with Gasteiger partial charge in [0.15, 0.2) is 5.96 Å². The fraction of sp³-hybridized carbons (Fsp3) is 0.462. The zero-order valence-corrected chi connectivity index (χ0v) is 22.4. The third-order valence-corrected chi connectivity index (χ3v) is 6.37. The normalized spacial score (nSPS) is 20.0. The molecule has 2 N–H and O–H groups in total. The number of rotatable bonds is 7. The van der Waals surface area contributed by atoms with Crippen molar-refractivity contribution in [3.05, 3.63) is 65.7 Å². The molecule has 0 aromatic heterocycles. The van der Waals surface area contributed by atoms with Crippen molar-refractivity contribution in [3.8, 4) is 5.75 Å². The van der Waals surface area contributed by atoms with Gasteiger partial charge in [0, 0.05) is 45.2 Å². The van der Waals surface area contributed by atoms with E-state index in [9.17, 15) is 4.79 Å². The molecule has 0 aliphatic carbocycles. The first kappa shape index (κ1) is 26.3. The predicted octanol–water partition coefficient (Wildman–Crippen LogP) is 3.42. The average Bonchev–Trinajstić information content (AvgIpc) is 3.28. The van der Waals surface area contributed by atoms with Gasteiger partial charge in [0.05, 0.1) is 12.6 Å². The number of halogens is 1. The molecule has 1 saturated heterocycles. The Morgan fingerprint density at radius 3 is 2.68 bits per heavy atom. The summed E-state index contributed by atoms with van der Waals surface area (Å²) in [6.45, 7) is 3.63. The van der Waals surface area contributed by atoms with E-state index in [1.807, 2.05) is 18.2 Å². The lowest BCUT2D eigenvalue weighted by atomic mass is 10.0. The molecule has 2 aliphatic heterocycles. The number of ether oxygens (including phenoxy) is 1. The second kappa shape index (κ2) is 12.9. The monoisotopic (exact) mass is 577 g/mol. The molecule has 1 fully saturated rings. The lowest BCUT2D eigenvalue weighted by Crippen LogP contribution is -2.46. The quantitative estimate of drug-likeness (QED) is 0.300. The summed E-state index contributed by atoms with van der Waals surface area (Å²) < 4.78 is 5.81. The van der Waals surface area contributed by atoms with E-state index >= 15 is 0 Å². The highest BCUT2D eigenvalue weighted by molar-refractivity contribution is 14.0. The summed E-state index contributed by atoms with van der Waals surface area (Å²) >= 11 is 0. The highest BCUT2D eigenvalue weighted by Crippen LogP contribution is 2.31. The van der Waals surface area contributed by atoms with Gasteiger partial charge in [-0.2, -0.15) is 0 Å². The second-order valence-electron chi connectivity index (χ2n) is 8.96. The SMILES string of the molecule is CN(C)C(=O)CN=C(NCC1CCCN1Cc1ccccc1)NC1CCOc2ccccc21.I. The number of benzene rings is 2. The van der Waals surface area contributed by atoms with E-state index in [0.29, 0.717) is 18.6 Å². The van der Waals surface area contributed by atoms with Crippen LogP contribution in [0, 0.1) is 0 Å². The highest BCUT2D eigenvalue weighted by Gasteiger charge is 2.26. The standard InChI is InChI=1S/C26H35N5O2.HI/c1-30(2)25(32)18-28-26(29-23-14-16-33-24-13-7-6-12-22(23)24)27-17-21-11-8-15-31(21)19-20-9-4-3-5-10-20;/h3-7,9-10,12-13,21,23H,8,11,14-19H2,1-2H3,(H2,27,28,29);1H. The molecule has 2 aromatic rings. The summed E-state index contributed by atoms with van der Waals surface area (Å²) in [5.74, 6) is 1.57. The number of amides is 1. The van der Waals surface area contributed by atoms with Crippen LogP contribution in [0.4, 0.5) is 0 Å². The third kappa shape index (κ3) is 7.09. The molecule has 2 atom stereocenters. The van der Waals surface area contributed by atoms with E-state index in [-0.39, 0.29) is 42.5 Å². The molecule has 2 aromatic carbocycles. The Hall–Kier alpha value is -2.33. The summed E-state index contributed by atoms with van der Waals surface area (Å²) in [5, 5.41) is 7.10.